The van der Waals surface area contributed by atoms with Gasteiger partial charge in [-0.3, -0.25) is 0 Å². The Bertz CT molecular complexity index is 1150. The summed E-state index contributed by atoms with van der Waals surface area (Å²) in [5, 5.41) is 0. The number of sulfonamides is 1. The smallest absolute Gasteiger partial charge is 0.285 e. The highest BCUT2D eigenvalue weighted by Gasteiger charge is 2.36. The topological polar surface area (TPSA) is 53.0 Å². The van der Waals surface area contributed by atoms with Gasteiger partial charge in [0.2, 0.25) is 0 Å². The zero-order chi connectivity index (χ0) is 22.3. The van der Waals surface area contributed by atoms with Gasteiger partial charge >= 0.3 is 0 Å². The highest BCUT2D eigenvalue weighted by Crippen LogP contribution is 2.35. The molecule has 0 aliphatic carbocycles. The standard InChI is InChI=1S/C25H31N3O2S/c1-17(2)21-9-11-22(12-10-21)24-20(5)25(26-31(24,29)30)27-13-14-28(19(4)16-27)23-8-6-7-18(3)15-23/h6-12,15,17,19H,13-14,16H2,1-5H3. The first-order valence-corrected chi connectivity index (χ1v) is 12.4. The number of nitrogens with zero attached hydrogens (tertiary/aromatic N) is 3. The van der Waals surface area contributed by atoms with Gasteiger partial charge in [-0.05, 0) is 55.5 Å². The lowest BCUT2D eigenvalue weighted by Crippen LogP contribution is -2.53. The fraction of sp³-hybridized carbons (Fsp3) is 0.400. The van der Waals surface area contributed by atoms with Crippen molar-refractivity contribution in [2.24, 2.45) is 4.40 Å². The molecule has 1 fully saturated rings. The van der Waals surface area contributed by atoms with E-state index in [1.807, 2.05) is 31.2 Å². The molecule has 164 valence electrons. The Balaban J connectivity index is 1.59. The fourth-order valence-corrected chi connectivity index (χ4v) is 6.03. The maximum Gasteiger partial charge on any atom is 0.285 e. The zero-order valence-electron chi connectivity index (χ0n) is 19.0. The Hall–Kier alpha value is -2.60. The van der Waals surface area contributed by atoms with Crippen LogP contribution in [0.25, 0.3) is 4.91 Å². The lowest BCUT2D eigenvalue weighted by molar-refractivity contribution is 0.339. The van der Waals surface area contributed by atoms with Crippen LogP contribution < -0.4 is 4.90 Å². The van der Waals surface area contributed by atoms with E-state index >= 15 is 0 Å². The summed E-state index contributed by atoms with van der Waals surface area (Å²) >= 11 is 0. The molecule has 2 heterocycles. The van der Waals surface area contributed by atoms with Crippen molar-refractivity contribution in [3.8, 4) is 0 Å². The van der Waals surface area contributed by atoms with E-state index < -0.39 is 10.0 Å². The maximum atomic E-state index is 13.0. The van der Waals surface area contributed by atoms with E-state index in [0.717, 1.165) is 25.2 Å². The van der Waals surface area contributed by atoms with Crippen molar-refractivity contribution in [1.82, 2.24) is 4.90 Å². The number of rotatable bonds is 3. The van der Waals surface area contributed by atoms with Crippen LogP contribution in [-0.4, -0.2) is 44.8 Å². The number of piperazine rings is 1. The molecule has 2 aliphatic heterocycles. The van der Waals surface area contributed by atoms with Gasteiger partial charge in [0, 0.05) is 36.9 Å². The first-order valence-electron chi connectivity index (χ1n) is 10.9. The largest absolute Gasteiger partial charge is 0.365 e. The molecule has 0 bridgehead atoms. The highest BCUT2D eigenvalue weighted by atomic mass is 32.2. The van der Waals surface area contributed by atoms with Crippen molar-refractivity contribution >= 4 is 26.5 Å². The Kier molecular flexibility index (Phi) is 5.69. The van der Waals surface area contributed by atoms with Gasteiger partial charge in [0.05, 0.1) is 0 Å². The third kappa shape index (κ3) is 4.13. The first-order chi connectivity index (χ1) is 14.7. The Morgan fingerprint density at radius 3 is 2.35 bits per heavy atom. The summed E-state index contributed by atoms with van der Waals surface area (Å²) in [6.45, 7) is 12.7. The Morgan fingerprint density at radius 1 is 1.03 bits per heavy atom. The van der Waals surface area contributed by atoms with Gasteiger partial charge in [0.25, 0.3) is 10.0 Å². The number of amidine groups is 1. The molecule has 1 atom stereocenters. The molecule has 0 radical (unpaired) electrons. The number of aryl methyl sites for hydroxylation is 1. The first kappa shape index (κ1) is 21.6. The molecule has 0 N–H and O–H groups in total. The lowest BCUT2D eigenvalue weighted by Gasteiger charge is -2.42. The molecule has 4 rings (SSSR count). The van der Waals surface area contributed by atoms with Crippen LogP contribution in [0.2, 0.25) is 0 Å². The van der Waals surface area contributed by atoms with Crippen LogP contribution in [0.3, 0.4) is 0 Å². The van der Waals surface area contributed by atoms with Crippen molar-refractivity contribution in [2.45, 2.75) is 46.6 Å². The summed E-state index contributed by atoms with van der Waals surface area (Å²) < 4.78 is 30.1. The van der Waals surface area contributed by atoms with Crippen LogP contribution in [0.1, 0.15) is 50.3 Å². The monoisotopic (exact) mass is 437 g/mol. The van der Waals surface area contributed by atoms with Gasteiger partial charge in [-0.1, -0.05) is 50.2 Å². The average molecular weight is 438 g/mol. The molecule has 0 amide bonds. The molecule has 5 nitrogen and oxygen atoms in total. The number of benzene rings is 2. The van der Waals surface area contributed by atoms with Crippen LogP contribution in [0.4, 0.5) is 5.69 Å². The molecule has 2 aromatic rings. The molecular weight excluding hydrogens is 406 g/mol. The van der Waals surface area contributed by atoms with Crippen molar-refractivity contribution in [3.05, 3.63) is 70.8 Å². The van der Waals surface area contributed by atoms with Crippen LogP contribution >= 0.6 is 0 Å². The van der Waals surface area contributed by atoms with E-state index in [2.05, 4.69) is 66.2 Å². The van der Waals surface area contributed by atoms with Gasteiger partial charge in [-0.25, -0.2) is 0 Å². The number of hydrogen-bond donors (Lipinski definition) is 0. The molecule has 1 unspecified atom stereocenters. The molecule has 0 aromatic heterocycles. The van der Waals surface area contributed by atoms with Gasteiger partial charge in [-0.2, -0.15) is 8.42 Å². The Morgan fingerprint density at radius 2 is 1.74 bits per heavy atom. The van der Waals surface area contributed by atoms with Crippen molar-refractivity contribution in [2.75, 3.05) is 24.5 Å². The molecule has 0 spiro atoms. The molecule has 2 aliphatic rings. The number of anilines is 1. The van der Waals surface area contributed by atoms with E-state index in [1.165, 1.54) is 16.8 Å². The van der Waals surface area contributed by atoms with Crippen LogP contribution in [0, 0.1) is 6.92 Å². The second-order valence-corrected chi connectivity index (χ2v) is 10.5. The second kappa shape index (κ2) is 8.15. The number of hydrogen-bond acceptors (Lipinski definition) is 4. The van der Waals surface area contributed by atoms with E-state index in [0.29, 0.717) is 22.2 Å². The van der Waals surface area contributed by atoms with E-state index in [4.69, 9.17) is 0 Å². The van der Waals surface area contributed by atoms with Crippen LogP contribution in [-0.2, 0) is 10.0 Å². The third-order valence-corrected chi connectivity index (χ3v) is 7.71. The molecule has 2 aromatic carbocycles. The predicted octanol–water partition coefficient (Wildman–Crippen LogP) is 4.80. The zero-order valence-corrected chi connectivity index (χ0v) is 19.8. The summed E-state index contributed by atoms with van der Waals surface area (Å²) in [7, 11) is -3.70. The Labute approximate surface area is 186 Å². The second-order valence-electron chi connectivity index (χ2n) is 8.95. The summed E-state index contributed by atoms with van der Waals surface area (Å²) in [5.74, 6) is 1.00. The summed E-state index contributed by atoms with van der Waals surface area (Å²) in [4.78, 5) is 4.85. The van der Waals surface area contributed by atoms with E-state index in [-0.39, 0.29) is 6.04 Å². The van der Waals surface area contributed by atoms with Crippen molar-refractivity contribution in [1.29, 1.82) is 0 Å². The molecule has 31 heavy (non-hydrogen) atoms. The van der Waals surface area contributed by atoms with Crippen LogP contribution in [0.15, 0.2) is 58.5 Å². The average Bonchev–Trinajstić information content (AvgIpc) is 2.96. The third-order valence-electron chi connectivity index (χ3n) is 6.24. The minimum Gasteiger partial charge on any atom is -0.365 e. The highest BCUT2D eigenvalue weighted by molar-refractivity contribution is 8.00. The minimum atomic E-state index is -3.70. The van der Waals surface area contributed by atoms with Crippen molar-refractivity contribution < 1.29 is 8.42 Å². The predicted molar refractivity (Wildman–Crippen MR) is 129 cm³/mol. The normalized spacial score (nSPS) is 21.1. The molecule has 1 saturated heterocycles. The summed E-state index contributed by atoms with van der Waals surface area (Å²) in [5.41, 5.74) is 5.11. The van der Waals surface area contributed by atoms with E-state index in [9.17, 15) is 8.42 Å². The van der Waals surface area contributed by atoms with E-state index in [1.54, 1.807) is 0 Å². The lowest BCUT2D eigenvalue weighted by atomic mass is 10.0. The molecular formula is C25H31N3O2S. The van der Waals surface area contributed by atoms with Gasteiger partial charge in [-0.15, -0.1) is 4.40 Å². The van der Waals surface area contributed by atoms with Gasteiger partial charge < -0.3 is 9.80 Å². The summed E-state index contributed by atoms with van der Waals surface area (Å²) in [6, 6.07) is 16.6. The van der Waals surface area contributed by atoms with Gasteiger partial charge in [0.1, 0.15) is 10.7 Å². The SMILES string of the molecule is CC1=C(c2ccc(C(C)C)cc2)S(=O)(=O)N=C1N1CCN(c2cccc(C)c2)C(C)C1. The maximum absolute atomic E-state index is 13.0. The van der Waals surface area contributed by atoms with Crippen molar-refractivity contribution in [3.63, 3.8) is 0 Å². The fourth-order valence-electron chi connectivity index (χ4n) is 4.54. The quantitative estimate of drug-likeness (QED) is 0.692. The molecule has 6 heteroatoms. The minimum absolute atomic E-state index is 0.253. The van der Waals surface area contributed by atoms with Gasteiger partial charge in [0.15, 0.2) is 0 Å². The van der Waals surface area contributed by atoms with Crippen LogP contribution in [0.5, 0.6) is 0 Å². The summed E-state index contributed by atoms with van der Waals surface area (Å²) in [6.07, 6.45) is 0. The molecule has 0 saturated carbocycles.